The summed E-state index contributed by atoms with van der Waals surface area (Å²) in [5.41, 5.74) is 2.51. The van der Waals surface area contributed by atoms with Gasteiger partial charge in [0, 0.05) is 28.3 Å². The molecule has 1 aliphatic rings. The zero-order valence-electron chi connectivity index (χ0n) is 11.2. The monoisotopic (exact) mass is 335 g/mol. The first-order valence-corrected chi connectivity index (χ1v) is 7.44. The van der Waals surface area contributed by atoms with Crippen LogP contribution < -0.4 is 5.32 Å². The highest BCUT2D eigenvalue weighted by Crippen LogP contribution is 2.27. The van der Waals surface area contributed by atoms with Crippen molar-refractivity contribution in [2.45, 2.75) is 32.4 Å². The number of nitrogens with one attached hydrogen (secondary N) is 1. The van der Waals surface area contributed by atoms with E-state index in [1.54, 1.807) is 6.07 Å². The quantitative estimate of drug-likeness (QED) is 0.927. The van der Waals surface area contributed by atoms with Crippen molar-refractivity contribution >= 4 is 15.9 Å². The van der Waals surface area contributed by atoms with Gasteiger partial charge in [0.25, 0.3) is 0 Å². The lowest BCUT2D eigenvalue weighted by molar-refractivity contribution is 0.627. The van der Waals surface area contributed by atoms with Gasteiger partial charge in [0.2, 0.25) is 0 Å². The van der Waals surface area contributed by atoms with Crippen LogP contribution in [0.4, 0.5) is 4.39 Å². The van der Waals surface area contributed by atoms with Gasteiger partial charge < -0.3 is 5.32 Å². The maximum Gasteiger partial charge on any atom is 0.160 e. The fourth-order valence-corrected chi connectivity index (χ4v) is 2.47. The van der Waals surface area contributed by atoms with E-state index in [0.29, 0.717) is 17.4 Å². The number of aryl methyl sites for hydroxylation is 1. The third-order valence-corrected chi connectivity index (χ3v) is 3.92. The van der Waals surface area contributed by atoms with Crippen molar-refractivity contribution in [3.8, 4) is 11.4 Å². The van der Waals surface area contributed by atoms with E-state index >= 15 is 0 Å². The first-order chi connectivity index (χ1) is 9.61. The van der Waals surface area contributed by atoms with Crippen molar-refractivity contribution in [3.05, 3.63) is 45.9 Å². The van der Waals surface area contributed by atoms with E-state index < -0.39 is 0 Å². The van der Waals surface area contributed by atoms with Crippen LogP contribution in [0.3, 0.4) is 0 Å². The highest BCUT2D eigenvalue weighted by atomic mass is 79.9. The highest BCUT2D eigenvalue weighted by molar-refractivity contribution is 9.10. The van der Waals surface area contributed by atoms with Gasteiger partial charge in [-0.1, -0.05) is 15.9 Å². The number of hydrogen-bond acceptors (Lipinski definition) is 3. The van der Waals surface area contributed by atoms with Crippen molar-refractivity contribution in [2.24, 2.45) is 0 Å². The third-order valence-electron chi connectivity index (χ3n) is 3.23. The number of benzene rings is 1. The van der Waals surface area contributed by atoms with Crippen LogP contribution in [0.25, 0.3) is 11.4 Å². The minimum atomic E-state index is -0.286. The Morgan fingerprint density at radius 1 is 1.30 bits per heavy atom. The Bertz CT molecular complexity index is 641. The summed E-state index contributed by atoms with van der Waals surface area (Å²) >= 11 is 3.43. The number of rotatable bonds is 4. The number of halogens is 2. The number of aromatic nitrogens is 2. The average Bonchev–Trinajstić information content (AvgIpc) is 3.23. The van der Waals surface area contributed by atoms with Crippen molar-refractivity contribution < 1.29 is 4.39 Å². The first-order valence-electron chi connectivity index (χ1n) is 6.65. The summed E-state index contributed by atoms with van der Waals surface area (Å²) in [6, 6.07) is 7.15. The average molecular weight is 336 g/mol. The standard InChI is InChI=1S/C15H15BrFN3/c1-9-6-12(8-18-11-3-4-11)20-15(19-9)13-7-10(17)2-5-14(13)16/h2,5-7,11,18H,3-4,8H2,1H3. The molecular weight excluding hydrogens is 321 g/mol. The molecule has 0 unspecified atom stereocenters. The molecule has 3 rings (SSSR count). The van der Waals surface area contributed by atoms with Crippen LogP contribution in [-0.2, 0) is 6.54 Å². The van der Waals surface area contributed by atoms with Crippen LogP contribution in [-0.4, -0.2) is 16.0 Å². The fourth-order valence-electron chi connectivity index (χ4n) is 2.05. The minimum absolute atomic E-state index is 0.286. The molecule has 20 heavy (non-hydrogen) atoms. The van der Waals surface area contributed by atoms with E-state index in [1.807, 2.05) is 13.0 Å². The molecule has 1 aromatic carbocycles. The van der Waals surface area contributed by atoms with E-state index in [4.69, 9.17) is 0 Å². The lowest BCUT2D eigenvalue weighted by Crippen LogP contribution is -2.16. The van der Waals surface area contributed by atoms with Crippen molar-refractivity contribution in [3.63, 3.8) is 0 Å². The van der Waals surface area contributed by atoms with E-state index in [9.17, 15) is 4.39 Å². The van der Waals surface area contributed by atoms with Gasteiger partial charge in [0.1, 0.15) is 5.82 Å². The molecular formula is C15H15BrFN3. The molecule has 1 heterocycles. The van der Waals surface area contributed by atoms with Gasteiger partial charge in [-0.2, -0.15) is 0 Å². The Kier molecular flexibility index (Phi) is 3.81. The Morgan fingerprint density at radius 2 is 2.10 bits per heavy atom. The molecule has 0 atom stereocenters. The summed E-state index contributed by atoms with van der Waals surface area (Å²) in [6.07, 6.45) is 2.48. The molecule has 0 bridgehead atoms. The molecule has 1 fully saturated rings. The van der Waals surface area contributed by atoms with Crippen LogP contribution in [0, 0.1) is 12.7 Å². The van der Waals surface area contributed by atoms with Crippen LogP contribution >= 0.6 is 15.9 Å². The van der Waals surface area contributed by atoms with Crippen molar-refractivity contribution in [1.82, 2.24) is 15.3 Å². The van der Waals surface area contributed by atoms with E-state index in [0.717, 1.165) is 22.4 Å². The largest absolute Gasteiger partial charge is 0.308 e. The molecule has 3 nitrogen and oxygen atoms in total. The van der Waals surface area contributed by atoms with Gasteiger partial charge in [-0.25, -0.2) is 14.4 Å². The maximum absolute atomic E-state index is 13.4. The van der Waals surface area contributed by atoms with Gasteiger partial charge in [-0.05, 0) is 44.0 Å². The lowest BCUT2D eigenvalue weighted by atomic mass is 10.2. The van der Waals surface area contributed by atoms with Crippen LogP contribution in [0.1, 0.15) is 24.2 Å². The van der Waals surface area contributed by atoms with Crippen molar-refractivity contribution in [1.29, 1.82) is 0 Å². The first kappa shape index (κ1) is 13.6. The van der Waals surface area contributed by atoms with Crippen LogP contribution in [0.2, 0.25) is 0 Å². The second kappa shape index (κ2) is 5.58. The predicted octanol–water partition coefficient (Wildman–Crippen LogP) is 3.61. The molecule has 104 valence electrons. The van der Waals surface area contributed by atoms with Gasteiger partial charge in [-0.15, -0.1) is 0 Å². The van der Waals surface area contributed by atoms with Crippen molar-refractivity contribution in [2.75, 3.05) is 0 Å². The molecule has 0 aliphatic heterocycles. The van der Waals surface area contributed by atoms with Crippen LogP contribution in [0.15, 0.2) is 28.7 Å². The maximum atomic E-state index is 13.4. The second-order valence-electron chi connectivity index (χ2n) is 5.10. The highest BCUT2D eigenvalue weighted by Gasteiger charge is 2.20. The molecule has 5 heteroatoms. The Balaban J connectivity index is 1.93. The zero-order chi connectivity index (χ0) is 14.1. The lowest BCUT2D eigenvalue weighted by Gasteiger charge is -2.08. The molecule has 0 saturated heterocycles. The molecule has 1 aromatic heterocycles. The Hall–Kier alpha value is -1.33. The SMILES string of the molecule is Cc1cc(CNC2CC2)nc(-c2cc(F)ccc2Br)n1. The summed E-state index contributed by atoms with van der Waals surface area (Å²) < 4.78 is 14.2. The number of hydrogen-bond donors (Lipinski definition) is 1. The Morgan fingerprint density at radius 3 is 2.85 bits per heavy atom. The van der Waals surface area contributed by atoms with E-state index in [2.05, 4.69) is 31.2 Å². The summed E-state index contributed by atoms with van der Waals surface area (Å²) in [6.45, 7) is 2.66. The second-order valence-corrected chi connectivity index (χ2v) is 5.96. The van der Waals surface area contributed by atoms with E-state index in [-0.39, 0.29) is 5.82 Å². The van der Waals surface area contributed by atoms with Gasteiger partial charge >= 0.3 is 0 Å². The molecule has 1 aliphatic carbocycles. The van der Waals surface area contributed by atoms with E-state index in [1.165, 1.54) is 25.0 Å². The predicted molar refractivity (Wildman–Crippen MR) is 79.7 cm³/mol. The molecule has 1 N–H and O–H groups in total. The summed E-state index contributed by atoms with van der Waals surface area (Å²) in [7, 11) is 0. The number of nitrogens with zero attached hydrogens (tertiary/aromatic N) is 2. The molecule has 2 aromatic rings. The zero-order valence-corrected chi connectivity index (χ0v) is 12.7. The fraction of sp³-hybridized carbons (Fsp3) is 0.333. The summed E-state index contributed by atoms with van der Waals surface area (Å²) in [4.78, 5) is 8.95. The van der Waals surface area contributed by atoms with Gasteiger partial charge in [0.05, 0.1) is 5.69 Å². The summed E-state index contributed by atoms with van der Waals surface area (Å²) in [5, 5.41) is 3.43. The van der Waals surface area contributed by atoms with Gasteiger partial charge in [0.15, 0.2) is 5.82 Å². The molecule has 0 radical (unpaired) electrons. The minimum Gasteiger partial charge on any atom is -0.308 e. The topological polar surface area (TPSA) is 37.8 Å². The normalized spacial score (nSPS) is 14.6. The molecule has 1 saturated carbocycles. The third kappa shape index (κ3) is 3.22. The molecule has 0 amide bonds. The Labute approximate surface area is 125 Å². The van der Waals surface area contributed by atoms with Crippen LogP contribution in [0.5, 0.6) is 0 Å². The smallest absolute Gasteiger partial charge is 0.160 e. The van der Waals surface area contributed by atoms with Gasteiger partial charge in [-0.3, -0.25) is 0 Å². The summed E-state index contributed by atoms with van der Waals surface area (Å²) in [5.74, 6) is 0.273. The molecule has 0 spiro atoms.